The molecule has 0 aliphatic carbocycles. The van der Waals surface area contributed by atoms with E-state index < -0.39 is 44.6 Å². The van der Waals surface area contributed by atoms with Gasteiger partial charge >= 0.3 is 43.6 Å². The van der Waals surface area contributed by atoms with Gasteiger partial charge in [0.1, 0.15) is 0 Å². The van der Waals surface area contributed by atoms with E-state index in [-0.39, 0.29) is 18.9 Å². The average molecular weight is 352 g/mol. The van der Waals surface area contributed by atoms with Gasteiger partial charge in [0.2, 0.25) is 12.2 Å². The molecular weight excluding hydrogens is 350 g/mol. The van der Waals surface area contributed by atoms with Crippen LogP contribution in [0.3, 0.4) is 0 Å². The van der Waals surface area contributed by atoms with E-state index in [2.05, 4.69) is 9.31 Å². The Balaban J connectivity index is 0. The van der Waals surface area contributed by atoms with Crippen LogP contribution in [0.15, 0.2) is 0 Å². The van der Waals surface area contributed by atoms with Gasteiger partial charge in [-0.3, -0.25) is 0 Å². The Morgan fingerprint density at radius 3 is 0.818 bits per heavy atom. The summed E-state index contributed by atoms with van der Waals surface area (Å²) in [5, 5.41) is 0. The van der Waals surface area contributed by atoms with Gasteiger partial charge in [0.05, 0.1) is 0 Å². The Morgan fingerprint density at radius 2 is 0.682 bits per heavy atom. The molecule has 2 radical (unpaired) electrons. The van der Waals surface area contributed by atoms with Gasteiger partial charge in [0.15, 0.2) is 0 Å². The zero-order valence-corrected chi connectivity index (χ0v) is 10.1. The Bertz CT molecular complexity index is 272. The minimum atomic E-state index is -6.12. The van der Waals surface area contributed by atoms with Crippen LogP contribution in [0.1, 0.15) is 0 Å². The Hall–Kier alpha value is -0.258. The molecule has 0 spiro atoms. The van der Waals surface area contributed by atoms with Gasteiger partial charge in [-0.15, -0.1) is 0 Å². The molecule has 0 saturated heterocycles. The molecule has 16 heteroatoms. The van der Waals surface area contributed by atoms with Crippen molar-refractivity contribution >= 4 is 7.69 Å². The van der Waals surface area contributed by atoms with Gasteiger partial charge in [0.25, 0.3) is 0 Å². The summed E-state index contributed by atoms with van der Waals surface area (Å²) >= 11 is 0. The smallest absolute Gasteiger partial charge is 0.611 e. The average Bonchev–Trinajstić information content (AvgIpc) is 2.07. The minimum Gasteiger partial charge on any atom is -0.611 e. The molecular formula is C6H2BF12LiO2. The van der Waals surface area contributed by atoms with Crippen LogP contribution >= 0.6 is 0 Å². The largest absolute Gasteiger partial charge is 1.00 e. The molecule has 0 aliphatic rings. The third-order valence-corrected chi connectivity index (χ3v) is 1.57. The molecule has 0 heterocycles. The van der Waals surface area contributed by atoms with Gasteiger partial charge in [-0.1, -0.05) is 0 Å². The summed E-state index contributed by atoms with van der Waals surface area (Å²) in [5.41, 5.74) is 0. The monoisotopic (exact) mass is 352 g/mol. The fraction of sp³-hybridized carbons (Fsp3) is 1.00. The second kappa shape index (κ2) is 7.54. The van der Waals surface area contributed by atoms with Crippen molar-refractivity contribution in [1.82, 2.24) is 0 Å². The molecule has 0 fully saturated rings. The predicted octanol–water partition coefficient (Wildman–Crippen LogP) is 0.544. The van der Waals surface area contributed by atoms with Crippen LogP contribution in [0.4, 0.5) is 52.7 Å². The van der Waals surface area contributed by atoms with Crippen LogP contribution in [0.2, 0.25) is 0 Å². The van der Waals surface area contributed by atoms with Gasteiger partial charge in [-0.05, 0) is 7.69 Å². The normalized spacial score (nSPS) is 14.5. The first-order valence-electron chi connectivity index (χ1n) is 4.37. The fourth-order valence-electron chi connectivity index (χ4n) is 0.823. The molecule has 0 saturated carbocycles. The SMILES string of the molecule is FC(F)(F)C(O[B-]OC(C(F)(F)F)C(F)(F)F)C(F)(F)F.[Li+]. The van der Waals surface area contributed by atoms with Crippen LogP contribution in [0, 0.1) is 0 Å². The Morgan fingerprint density at radius 1 is 0.500 bits per heavy atom. The number of alkyl halides is 12. The molecule has 0 rings (SSSR count). The molecule has 0 unspecified atom stereocenters. The van der Waals surface area contributed by atoms with Crippen molar-refractivity contribution in [2.24, 2.45) is 0 Å². The standard InChI is InChI=1S/C6H2BF12O2.Li/c8-3(9,10)1(4(11,12)13)20-7-21-2(5(14,15)16)6(17,18)19;/h1-2H;/q-1;+1. The summed E-state index contributed by atoms with van der Waals surface area (Å²) in [4.78, 5) is 0. The summed E-state index contributed by atoms with van der Waals surface area (Å²) < 4.78 is 148. The first-order valence-corrected chi connectivity index (χ1v) is 4.37. The second-order valence-electron chi connectivity index (χ2n) is 3.29. The van der Waals surface area contributed by atoms with E-state index in [0.717, 1.165) is 0 Å². The van der Waals surface area contributed by atoms with E-state index in [1.165, 1.54) is 0 Å². The van der Waals surface area contributed by atoms with Gasteiger partial charge in [-0.2, -0.15) is 52.7 Å². The number of hydrogen-bond donors (Lipinski definition) is 0. The van der Waals surface area contributed by atoms with Gasteiger partial charge in [0, 0.05) is 0 Å². The molecule has 0 aromatic heterocycles. The summed E-state index contributed by atoms with van der Waals surface area (Å²) in [7, 11) is -1.29. The molecule has 0 atom stereocenters. The predicted molar refractivity (Wildman–Crippen MR) is 39.7 cm³/mol. The zero-order valence-electron chi connectivity index (χ0n) is 10.1. The van der Waals surface area contributed by atoms with Crippen molar-refractivity contribution in [3.05, 3.63) is 0 Å². The zero-order chi connectivity index (χ0) is 17.3. The molecule has 0 N–H and O–H groups in total. The van der Waals surface area contributed by atoms with Crippen molar-refractivity contribution < 1.29 is 80.9 Å². The fourth-order valence-corrected chi connectivity index (χ4v) is 0.823. The number of halogens is 12. The van der Waals surface area contributed by atoms with Crippen molar-refractivity contribution in [3.63, 3.8) is 0 Å². The van der Waals surface area contributed by atoms with Crippen molar-refractivity contribution in [1.29, 1.82) is 0 Å². The maximum atomic E-state index is 11.8. The number of hydrogen-bond acceptors (Lipinski definition) is 2. The molecule has 0 aliphatic heterocycles. The van der Waals surface area contributed by atoms with E-state index in [0.29, 0.717) is 0 Å². The minimum absolute atomic E-state index is 0. The van der Waals surface area contributed by atoms with E-state index in [1.54, 1.807) is 0 Å². The maximum absolute atomic E-state index is 11.8. The summed E-state index contributed by atoms with van der Waals surface area (Å²) in [6, 6.07) is 0. The second-order valence-corrected chi connectivity index (χ2v) is 3.29. The molecule has 0 bridgehead atoms. The Kier molecular flexibility index (Phi) is 8.23. The molecule has 0 aromatic carbocycles. The molecule has 2 nitrogen and oxygen atoms in total. The van der Waals surface area contributed by atoms with Crippen molar-refractivity contribution in [3.8, 4) is 0 Å². The molecule has 126 valence electrons. The molecule has 0 amide bonds. The summed E-state index contributed by atoms with van der Waals surface area (Å²) in [5.74, 6) is 0. The van der Waals surface area contributed by atoms with Crippen molar-refractivity contribution in [2.45, 2.75) is 36.9 Å². The molecule has 0 aromatic rings. The Labute approximate surface area is 126 Å². The van der Waals surface area contributed by atoms with E-state index >= 15 is 0 Å². The van der Waals surface area contributed by atoms with Crippen molar-refractivity contribution in [2.75, 3.05) is 0 Å². The van der Waals surface area contributed by atoms with Crippen LogP contribution in [0.25, 0.3) is 0 Å². The maximum Gasteiger partial charge on any atom is 1.00 e. The van der Waals surface area contributed by atoms with Crippen LogP contribution < -0.4 is 18.9 Å². The van der Waals surface area contributed by atoms with E-state index in [9.17, 15) is 52.7 Å². The van der Waals surface area contributed by atoms with Crippen LogP contribution in [-0.2, 0) is 9.31 Å². The van der Waals surface area contributed by atoms with Crippen LogP contribution in [0.5, 0.6) is 0 Å². The van der Waals surface area contributed by atoms with Gasteiger partial charge in [-0.25, -0.2) is 0 Å². The number of rotatable bonds is 4. The summed E-state index contributed by atoms with van der Waals surface area (Å²) in [6.45, 7) is 0. The quantitative estimate of drug-likeness (QED) is 0.544. The van der Waals surface area contributed by atoms with E-state index in [4.69, 9.17) is 0 Å². The first-order chi connectivity index (χ1) is 8.97. The van der Waals surface area contributed by atoms with Gasteiger partial charge < -0.3 is 9.31 Å². The third-order valence-electron chi connectivity index (χ3n) is 1.57. The topological polar surface area (TPSA) is 18.5 Å². The van der Waals surface area contributed by atoms with E-state index in [1.807, 2.05) is 0 Å². The summed E-state index contributed by atoms with van der Waals surface area (Å²) in [6.07, 6.45) is -33.7. The first kappa shape index (κ1) is 24.0. The third kappa shape index (κ3) is 7.84. The van der Waals surface area contributed by atoms with Crippen LogP contribution in [-0.4, -0.2) is 44.6 Å². The molecule has 22 heavy (non-hydrogen) atoms.